The number of carbonyl (C=O) groups excluding carboxylic acids is 1. The molecule has 1 unspecified atom stereocenters. The first-order valence-electron chi connectivity index (χ1n) is 7.39. The molecule has 1 atom stereocenters. The lowest BCUT2D eigenvalue weighted by molar-refractivity contribution is -0.893. The fourth-order valence-electron chi connectivity index (χ4n) is 2.28. The van der Waals surface area contributed by atoms with Crippen LogP contribution in [0.25, 0.3) is 0 Å². The van der Waals surface area contributed by atoms with Crippen LogP contribution in [0.1, 0.15) is 23.2 Å². The Hall–Kier alpha value is -1.14. The summed E-state index contributed by atoms with van der Waals surface area (Å²) >= 11 is 0. The predicted molar refractivity (Wildman–Crippen MR) is 82.9 cm³/mol. The van der Waals surface area contributed by atoms with Gasteiger partial charge in [-0.25, -0.2) is 0 Å². The maximum absolute atomic E-state index is 11.8. The maximum atomic E-state index is 11.8. The number of halogens is 1. The normalized spacial score (nSPS) is 12.4. The minimum Gasteiger partial charge on any atom is -1.00 e. The zero-order valence-electron chi connectivity index (χ0n) is 13.3. The van der Waals surface area contributed by atoms with Crippen molar-refractivity contribution in [3.8, 4) is 0 Å². The van der Waals surface area contributed by atoms with Crippen LogP contribution >= 0.6 is 0 Å². The van der Waals surface area contributed by atoms with Crippen LogP contribution < -0.4 is 17.7 Å². The number of unbranched alkanes of at least 4 members (excludes halogenated alkanes) is 1. The van der Waals surface area contributed by atoms with Crippen molar-refractivity contribution in [2.75, 3.05) is 40.3 Å². The molecule has 0 bridgehead atoms. The molecule has 22 heavy (non-hydrogen) atoms. The van der Waals surface area contributed by atoms with Gasteiger partial charge in [-0.1, -0.05) is 18.2 Å². The first-order chi connectivity index (χ1) is 9.94. The van der Waals surface area contributed by atoms with Crippen LogP contribution in [-0.2, 0) is 0 Å². The maximum Gasteiger partial charge on any atom is 0.251 e. The highest BCUT2D eigenvalue weighted by Gasteiger charge is 2.19. The Labute approximate surface area is 139 Å². The minimum atomic E-state index is -0.669. The van der Waals surface area contributed by atoms with Crippen LogP contribution in [0, 0.1) is 0 Å². The number of benzene rings is 1. The van der Waals surface area contributed by atoms with Crippen LogP contribution in [0.2, 0.25) is 0 Å². The largest absolute Gasteiger partial charge is 1.00 e. The van der Waals surface area contributed by atoms with Gasteiger partial charge in [0.05, 0.1) is 27.2 Å². The highest BCUT2D eigenvalue weighted by atomic mass is 35.5. The van der Waals surface area contributed by atoms with E-state index in [9.17, 15) is 9.90 Å². The molecule has 0 saturated carbocycles. The van der Waals surface area contributed by atoms with E-state index >= 15 is 0 Å². The average molecular weight is 331 g/mol. The second-order valence-corrected chi connectivity index (χ2v) is 6.01. The Balaban J connectivity index is 0.00000441. The SMILES string of the molecule is C[N+](C)(CCCCNC(=O)c1ccccc1)CC(O)CO.[Cl-]. The highest BCUT2D eigenvalue weighted by molar-refractivity contribution is 5.94. The van der Waals surface area contributed by atoms with E-state index in [4.69, 9.17) is 5.11 Å². The molecule has 0 aromatic heterocycles. The molecule has 0 spiro atoms. The Morgan fingerprint density at radius 3 is 2.45 bits per heavy atom. The van der Waals surface area contributed by atoms with Crippen molar-refractivity contribution >= 4 is 5.91 Å². The summed E-state index contributed by atoms with van der Waals surface area (Å²) in [6, 6.07) is 9.18. The summed E-state index contributed by atoms with van der Waals surface area (Å²) in [5, 5.41) is 21.2. The Morgan fingerprint density at radius 1 is 1.23 bits per heavy atom. The van der Waals surface area contributed by atoms with E-state index in [1.165, 1.54) is 0 Å². The average Bonchev–Trinajstić information content (AvgIpc) is 2.46. The van der Waals surface area contributed by atoms with E-state index in [0.29, 0.717) is 23.1 Å². The summed E-state index contributed by atoms with van der Waals surface area (Å²) in [6.45, 7) is 1.89. The van der Waals surface area contributed by atoms with Gasteiger partial charge in [0, 0.05) is 12.1 Å². The summed E-state index contributed by atoms with van der Waals surface area (Å²) in [7, 11) is 4.06. The molecule has 1 aromatic rings. The predicted octanol–water partition coefficient (Wildman–Crippen LogP) is -2.37. The third-order valence-electron chi connectivity index (χ3n) is 3.43. The molecule has 6 heteroatoms. The zero-order chi connectivity index (χ0) is 15.7. The number of rotatable bonds is 9. The lowest BCUT2D eigenvalue weighted by Gasteiger charge is -2.31. The topological polar surface area (TPSA) is 69.6 Å². The molecule has 3 N–H and O–H groups in total. The van der Waals surface area contributed by atoms with Gasteiger partial charge >= 0.3 is 0 Å². The fourth-order valence-corrected chi connectivity index (χ4v) is 2.28. The van der Waals surface area contributed by atoms with Gasteiger partial charge in [-0.3, -0.25) is 4.79 Å². The minimum absolute atomic E-state index is 0. The number of carbonyl (C=O) groups is 1. The lowest BCUT2D eigenvalue weighted by atomic mass is 10.2. The van der Waals surface area contributed by atoms with Crippen LogP contribution in [0.3, 0.4) is 0 Å². The van der Waals surface area contributed by atoms with Crippen molar-refractivity contribution in [1.29, 1.82) is 0 Å². The van der Waals surface area contributed by atoms with Gasteiger partial charge in [0.15, 0.2) is 0 Å². The van der Waals surface area contributed by atoms with Gasteiger partial charge in [-0.15, -0.1) is 0 Å². The fraction of sp³-hybridized carbons (Fsp3) is 0.562. The molecule has 1 rings (SSSR count). The molecule has 0 aliphatic heterocycles. The van der Waals surface area contributed by atoms with Crippen LogP contribution in [0.4, 0.5) is 0 Å². The molecule has 0 heterocycles. The van der Waals surface area contributed by atoms with E-state index in [-0.39, 0.29) is 24.9 Å². The molecule has 1 aromatic carbocycles. The molecule has 0 saturated heterocycles. The molecule has 0 fully saturated rings. The van der Waals surface area contributed by atoms with E-state index in [2.05, 4.69) is 5.32 Å². The van der Waals surface area contributed by atoms with Crippen LogP contribution in [0.5, 0.6) is 0 Å². The number of nitrogens with one attached hydrogen (secondary N) is 1. The van der Waals surface area contributed by atoms with E-state index in [1.807, 2.05) is 32.3 Å². The van der Waals surface area contributed by atoms with Gasteiger partial charge < -0.3 is 32.4 Å². The van der Waals surface area contributed by atoms with Gasteiger partial charge in [0.1, 0.15) is 12.6 Å². The number of quaternary nitrogens is 1. The second kappa shape index (κ2) is 10.6. The van der Waals surface area contributed by atoms with Crippen molar-refractivity contribution in [2.24, 2.45) is 0 Å². The van der Waals surface area contributed by atoms with Gasteiger partial charge in [0.2, 0.25) is 0 Å². The number of amides is 1. The van der Waals surface area contributed by atoms with Crippen molar-refractivity contribution in [3.05, 3.63) is 35.9 Å². The standard InChI is InChI=1S/C16H26N2O3.ClH/c1-18(2,12-15(20)13-19)11-7-6-10-17-16(21)14-8-4-3-5-9-14;/h3-5,8-9,15,19-20H,6-7,10-13H2,1-2H3;1H. The van der Waals surface area contributed by atoms with Crippen molar-refractivity contribution in [3.63, 3.8) is 0 Å². The number of aliphatic hydroxyl groups is 2. The van der Waals surface area contributed by atoms with Crippen molar-refractivity contribution in [1.82, 2.24) is 5.32 Å². The third-order valence-corrected chi connectivity index (χ3v) is 3.43. The Kier molecular flexibility index (Phi) is 10.0. The quantitative estimate of drug-likeness (QED) is 0.350. The summed E-state index contributed by atoms with van der Waals surface area (Å²) < 4.78 is 0.661. The molecule has 1 amide bonds. The molecular formula is C16H27ClN2O3. The molecule has 0 radical (unpaired) electrons. The molecule has 0 aliphatic carbocycles. The monoisotopic (exact) mass is 330 g/mol. The molecular weight excluding hydrogens is 304 g/mol. The second-order valence-electron chi connectivity index (χ2n) is 6.01. The van der Waals surface area contributed by atoms with Crippen LogP contribution in [0.15, 0.2) is 30.3 Å². The summed E-state index contributed by atoms with van der Waals surface area (Å²) in [4.78, 5) is 11.8. The van der Waals surface area contributed by atoms with Crippen molar-refractivity contribution in [2.45, 2.75) is 18.9 Å². The zero-order valence-corrected chi connectivity index (χ0v) is 14.1. The molecule has 0 aliphatic rings. The summed E-state index contributed by atoms with van der Waals surface area (Å²) in [6.07, 6.45) is 1.19. The van der Waals surface area contributed by atoms with Gasteiger partial charge in [-0.05, 0) is 25.0 Å². The van der Waals surface area contributed by atoms with Crippen LogP contribution in [-0.4, -0.2) is 67.0 Å². The van der Waals surface area contributed by atoms with Gasteiger partial charge in [-0.2, -0.15) is 0 Å². The van der Waals surface area contributed by atoms with E-state index in [1.54, 1.807) is 12.1 Å². The summed E-state index contributed by atoms with van der Waals surface area (Å²) in [5.74, 6) is -0.0416. The molecule has 5 nitrogen and oxygen atoms in total. The highest BCUT2D eigenvalue weighted by Crippen LogP contribution is 2.04. The van der Waals surface area contributed by atoms with Crippen molar-refractivity contribution < 1.29 is 31.9 Å². The number of hydrogen-bond acceptors (Lipinski definition) is 3. The lowest BCUT2D eigenvalue weighted by Crippen LogP contribution is -3.00. The first kappa shape index (κ1) is 20.9. The Morgan fingerprint density at radius 2 is 1.86 bits per heavy atom. The molecule has 126 valence electrons. The third kappa shape index (κ3) is 8.34. The van der Waals surface area contributed by atoms with E-state index in [0.717, 1.165) is 19.4 Å². The smallest absolute Gasteiger partial charge is 0.251 e. The number of hydrogen-bond donors (Lipinski definition) is 3. The number of likely N-dealkylation sites (N-methyl/N-ethyl adjacent to an activating group) is 1. The first-order valence-corrected chi connectivity index (χ1v) is 7.39. The van der Waals surface area contributed by atoms with Gasteiger partial charge in [0.25, 0.3) is 5.91 Å². The number of nitrogens with zero attached hydrogens (tertiary/aromatic N) is 1. The Bertz CT molecular complexity index is 427. The number of aliphatic hydroxyl groups excluding tert-OH is 2. The summed E-state index contributed by atoms with van der Waals surface area (Å²) in [5.41, 5.74) is 0.680. The van der Waals surface area contributed by atoms with E-state index < -0.39 is 6.10 Å².